The van der Waals surface area contributed by atoms with E-state index >= 15 is 0 Å². The molecule has 1 aliphatic heterocycles. The predicted octanol–water partition coefficient (Wildman–Crippen LogP) is 2.77. The number of fused-ring (bicyclic) bond motifs is 1. The summed E-state index contributed by atoms with van der Waals surface area (Å²) in [4.78, 5) is 29.4. The Balaban J connectivity index is 1.69. The highest BCUT2D eigenvalue weighted by atomic mass is 19.1. The molecule has 0 spiro atoms. The number of nitrogens with one attached hydrogen (secondary N) is 1. The van der Waals surface area contributed by atoms with Gasteiger partial charge in [0.15, 0.2) is 0 Å². The molecular formula is C20H21FN2O2. The Kier molecular flexibility index (Phi) is 3.39. The molecule has 4 nitrogen and oxygen atoms in total. The number of rotatable bonds is 2. The lowest BCUT2D eigenvalue weighted by Crippen LogP contribution is -2.44. The van der Waals surface area contributed by atoms with E-state index in [0.29, 0.717) is 31.5 Å². The van der Waals surface area contributed by atoms with E-state index in [1.54, 1.807) is 30.5 Å². The minimum Gasteiger partial charge on any atom is -0.337 e. The molecular weight excluding hydrogens is 319 g/mol. The summed E-state index contributed by atoms with van der Waals surface area (Å²) in [6.07, 6.45) is 2.98. The van der Waals surface area contributed by atoms with Crippen molar-refractivity contribution in [3.8, 4) is 0 Å². The van der Waals surface area contributed by atoms with Crippen molar-refractivity contribution in [2.75, 3.05) is 6.54 Å². The summed E-state index contributed by atoms with van der Waals surface area (Å²) >= 11 is 0. The van der Waals surface area contributed by atoms with Crippen molar-refractivity contribution in [1.29, 1.82) is 0 Å². The number of amides is 1. The molecule has 1 saturated carbocycles. The Hall–Kier alpha value is -2.43. The Morgan fingerprint density at radius 2 is 1.96 bits per heavy atom. The van der Waals surface area contributed by atoms with Crippen LogP contribution in [-0.2, 0) is 23.2 Å². The van der Waals surface area contributed by atoms with Crippen molar-refractivity contribution < 1.29 is 9.18 Å². The predicted molar refractivity (Wildman–Crippen MR) is 92.7 cm³/mol. The molecule has 2 aliphatic rings. The number of H-pyrrole nitrogens is 1. The average Bonchev–Trinajstić information content (AvgIpc) is 3.17. The molecule has 1 fully saturated rings. The maximum absolute atomic E-state index is 14.5. The summed E-state index contributed by atoms with van der Waals surface area (Å²) in [6, 6.07) is 8.20. The molecule has 5 heteroatoms. The number of hydrogen-bond donors (Lipinski definition) is 1. The maximum atomic E-state index is 14.5. The van der Waals surface area contributed by atoms with Gasteiger partial charge in [-0.05, 0) is 35.4 Å². The van der Waals surface area contributed by atoms with Gasteiger partial charge in [-0.1, -0.05) is 32.0 Å². The van der Waals surface area contributed by atoms with Crippen LogP contribution in [0.5, 0.6) is 0 Å². The number of aromatic nitrogens is 1. The van der Waals surface area contributed by atoms with Crippen LogP contribution < -0.4 is 5.56 Å². The minimum atomic E-state index is -0.794. The fourth-order valence-corrected chi connectivity index (χ4v) is 4.27. The highest BCUT2D eigenvalue weighted by molar-refractivity contribution is 5.93. The first-order valence-corrected chi connectivity index (χ1v) is 8.60. The number of carbonyl (C=O) groups is 1. The summed E-state index contributed by atoms with van der Waals surface area (Å²) in [7, 11) is 0. The van der Waals surface area contributed by atoms with Gasteiger partial charge >= 0.3 is 0 Å². The van der Waals surface area contributed by atoms with Crippen molar-refractivity contribution >= 4 is 5.91 Å². The summed E-state index contributed by atoms with van der Waals surface area (Å²) < 4.78 is 14.5. The first-order valence-electron chi connectivity index (χ1n) is 8.60. The van der Waals surface area contributed by atoms with Crippen LogP contribution in [0.3, 0.4) is 0 Å². The second-order valence-corrected chi connectivity index (χ2v) is 7.77. The molecule has 1 aromatic heterocycles. The van der Waals surface area contributed by atoms with Gasteiger partial charge in [0.25, 0.3) is 0 Å². The molecule has 2 heterocycles. The summed E-state index contributed by atoms with van der Waals surface area (Å²) in [6.45, 7) is 5.05. The molecule has 0 saturated heterocycles. The lowest BCUT2D eigenvalue weighted by molar-refractivity contribution is -0.136. The van der Waals surface area contributed by atoms with Gasteiger partial charge in [-0.15, -0.1) is 0 Å². The summed E-state index contributed by atoms with van der Waals surface area (Å²) in [5.41, 5.74) is 1.27. The Morgan fingerprint density at radius 3 is 2.64 bits per heavy atom. The monoisotopic (exact) mass is 340 g/mol. The lowest BCUT2D eigenvalue weighted by Gasteiger charge is -2.33. The molecule has 130 valence electrons. The van der Waals surface area contributed by atoms with Crippen molar-refractivity contribution in [2.24, 2.45) is 5.41 Å². The van der Waals surface area contributed by atoms with Gasteiger partial charge < -0.3 is 9.88 Å². The molecule has 1 amide bonds. The molecule has 0 radical (unpaired) electrons. The van der Waals surface area contributed by atoms with E-state index in [1.165, 1.54) is 6.07 Å². The van der Waals surface area contributed by atoms with Gasteiger partial charge in [-0.3, -0.25) is 9.59 Å². The quantitative estimate of drug-likeness (QED) is 0.914. The highest BCUT2D eigenvalue weighted by Crippen LogP contribution is 2.65. The normalized spacial score (nSPS) is 23.9. The number of hydrogen-bond acceptors (Lipinski definition) is 2. The van der Waals surface area contributed by atoms with Crippen molar-refractivity contribution in [2.45, 2.75) is 38.6 Å². The van der Waals surface area contributed by atoms with Gasteiger partial charge in [0.1, 0.15) is 5.82 Å². The van der Waals surface area contributed by atoms with E-state index in [2.05, 4.69) is 4.98 Å². The zero-order valence-corrected chi connectivity index (χ0v) is 14.4. The molecule has 4 rings (SSSR count). The molecule has 0 bridgehead atoms. The first kappa shape index (κ1) is 16.1. The van der Waals surface area contributed by atoms with Crippen molar-refractivity contribution in [3.63, 3.8) is 0 Å². The Bertz CT molecular complexity index is 918. The number of nitrogens with zero attached hydrogens (tertiary/aromatic N) is 1. The van der Waals surface area contributed by atoms with Gasteiger partial charge in [0.2, 0.25) is 11.5 Å². The largest absolute Gasteiger partial charge is 0.337 e. The highest BCUT2D eigenvalue weighted by Gasteiger charge is 2.68. The number of halogens is 1. The third kappa shape index (κ3) is 2.33. The molecule has 1 unspecified atom stereocenters. The first-order chi connectivity index (χ1) is 11.8. The van der Waals surface area contributed by atoms with Crippen LogP contribution in [-0.4, -0.2) is 22.3 Å². The smallest absolute Gasteiger partial charge is 0.248 e. The number of pyridine rings is 1. The second kappa shape index (κ2) is 5.28. The van der Waals surface area contributed by atoms with Crippen LogP contribution >= 0.6 is 0 Å². The van der Waals surface area contributed by atoms with Gasteiger partial charge in [-0.2, -0.15) is 0 Å². The molecule has 1 atom stereocenters. The fourth-order valence-electron chi connectivity index (χ4n) is 4.27. The standard InChI is InChI=1S/C20H21FN2O2/c1-19(2)12-20(19,15-5-3-4-6-16(15)21)18(25)23-8-7-13-9-17(24)22-10-14(13)11-23/h3-6,9-10H,7-8,11-12H2,1-2H3,(H,22,24). The van der Waals surface area contributed by atoms with E-state index in [-0.39, 0.29) is 22.7 Å². The van der Waals surface area contributed by atoms with E-state index in [4.69, 9.17) is 0 Å². The molecule has 25 heavy (non-hydrogen) atoms. The van der Waals surface area contributed by atoms with Crippen LogP contribution in [0.4, 0.5) is 4.39 Å². The third-order valence-corrected chi connectivity index (χ3v) is 5.84. The number of aromatic amines is 1. The Morgan fingerprint density at radius 1 is 1.24 bits per heavy atom. The minimum absolute atomic E-state index is 0.0144. The van der Waals surface area contributed by atoms with E-state index in [0.717, 1.165) is 11.1 Å². The van der Waals surface area contributed by atoms with Crippen LogP contribution in [0.15, 0.2) is 41.3 Å². The molecule has 1 aromatic carbocycles. The summed E-state index contributed by atoms with van der Waals surface area (Å²) in [5.74, 6) is -0.331. The van der Waals surface area contributed by atoms with Crippen LogP contribution in [0.25, 0.3) is 0 Å². The van der Waals surface area contributed by atoms with Gasteiger partial charge in [0, 0.05) is 30.9 Å². The van der Waals surface area contributed by atoms with Crippen LogP contribution in [0, 0.1) is 11.2 Å². The van der Waals surface area contributed by atoms with Crippen molar-refractivity contribution in [3.05, 3.63) is 69.4 Å². The van der Waals surface area contributed by atoms with Crippen molar-refractivity contribution in [1.82, 2.24) is 9.88 Å². The van der Waals surface area contributed by atoms with Gasteiger partial charge in [-0.25, -0.2) is 4.39 Å². The van der Waals surface area contributed by atoms with Crippen LogP contribution in [0.2, 0.25) is 0 Å². The fraction of sp³-hybridized carbons (Fsp3) is 0.400. The number of carbonyl (C=O) groups excluding carboxylic acids is 1. The van der Waals surface area contributed by atoms with Crippen LogP contribution in [0.1, 0.15) is 37.0 Å². The average molecular weight is 340 g/mol. The third-order valence-electron chi connectivity index (χ3n) is 5.84. The SMILES string of the molecule is CC1(C)CC1(C(=O)N1CCc2cc(=O)[nH]cc2C1)c1ccccc1F. The number of benzene rings is 1. The van der Waals surface area contributed by atoms with E-state index in [1.807, 2.05) is 18.7 Å². The topological polar surface area (TPSA) is 53.2 Å². The van der Waals surface area contributed by atoms with Gasteiger partial charge in [0.05, 0.1) is 5.41 Å². The Labute approximate surface area is 145 Å². The zero-order chi connectivity index (χ0) is 17.8. The summed E-state index contributed by atoms with van der Waals surface area (Å²) in [5, 5.41) is 0. The molecule has 1 aliphatic carbocycles. The zero-order valence-electron chi connectivity index (χ0n) is 14.4. The van der Waals surface area contributed by atoms with E-state index in [9.17, 15) is 14.0 Å². The second-order valence-electron chi connectivity index (χ2n) is 7.77. The molecule has 1 N–H and O–H groups in total. The molecule has 2 aromatic rings. The van der Waals surface area contributed by atoms with E-state index < -0.39 is 5.41 Å². The lowest BCUT2D eigenvalue weighted by atomic mass is 9.85. The maximum Gasteiger partial charge on any atom is 0.248 e.